The first-order chi connectivity index (χ1) is 8.14. The number of hydrogen-bond acceptors (Lipinski definition) is 2. The van der Waals surface area contributed by atoms with Crippen molar-refractivity contribution < 1.29 is 0 Å². The van der Waals surface area contributed by atoms with E-state index in [9.17, 15) is 0 Å². The molecule has 0 bridgehead atoms. The molecule has 1 aliphatic rings. The van der Waals surface area contributed by atoms with Crippen molar-refractivity contribution in [1.29, 1.82) is 5.26 Å². The SMILES string of the molecule is CC(C)(CCC#N)CNC1CCCCCCC1. The van der Waals surface area contributed by atoms with Gasteiger partial charge in [-0.2, -0.15) is 5.26 Å². The van der Waals surface area contributed by atoms with Gasteiger partial charge in [0.1, 0.15) is 0 Å². The van der Waals surface area contributed by atoms with Gasteiger partial charge in [-0.05, 0) is 24.7 Å². The molecule has 0 aliphatic heterocycles. The monoisotopic (exact) mass is 236 g/mol. The van der Waals surface area contributed by atoms with Crippen LogP contribution in [0.1, 0.15) is 71.6 Å². The van der Waals surface area contributed by atoms with Crippen molar-refractivity contribution in [2.75, 3.05) is 6.54 Å². The molecule has 2 heteroatoms. The Morgan fingerprint density at radius 3 is 2.29 bits per heavy atom. The van der Waals surface area contributed by atoms with E-state index in [2.05, 4.69) is 25.2 Å². The lowest BCUT2D eigenvalue weighted by atomic mass is 9.87. The van der Waals surface area contributed by atoms with Gasteiger partial charge in [-0.25, -0.2) is 0 Å². The normalized spacial score (nSPS) is 19.4. The average molecular weight is 236 g/mol. The number of nitrogens with one attached hydrogen (secondary N) is 1. The van der Waals surface area contributed by atoms with Crippen LogP contribution in [-0.4, -0.2) is 12.6 Å². The zero-order valence-electron chi connectivity index (χ0n) is 11.6. The smallest absolute Gasteiger partial charge is 0.0621 e. The van der Waals surface area contributed by atoms with E-state index in [1.807, 2.05) is 0 Å². The molecule has 0 aromatic carbocycles. The molecule has 0 unspecified atom stereocenters. The summed E-state index contributed by atoms with van der Waals surface area (Å²) in [5.41, 5.74) is 0.262. The van der Waals surface area contributed by atoms with Crippen LogP contribution in [0.5, 0.6) is 0 Å². The molecule has 0 aromatic rings. The first kappa shape index (κ1) is 14.5. The predicted octanol–water partition coefficient (Wildman–Crippen LogP) is 4.02. The van der Waals surface area contributed by atoms with E-state index in [1.165, 1.54) is 44.9 Å². The summed E-state index contributed by atoms with van der Waals surface area (Å²) in [5, 5.41) is 12.4. The van der Waals surface area contributed by atoms with E-state index in [-0.39, 0.29) is 5.41 Å². The molecule has 0 amide bonds. The lowest BCUT2D eigenvalue weighted by Gasteiger charge is -2.28. The molecule has 0 radical (unpaired) electrons. The quantitative estimate of drug-likeness (QED) is 0.782. The van der Waals surface area contributed by atoms with E-state index in [1.54, 1.807) is 0 Å². The van der Waals surface area contributed by atoms with Gasteiger partial charge < -0.3 is 5.32 Å². The summed E-state index contributed by atoms with van der Waals surface area (Å²) < 4.78 is 0. The fourth-order valence-corrected chi connectivity index (χ4v) is 2.56. The van der Waals surface area contributed by atoms with Gasteiger partial charge in [0.05, 0.1) is 6.07 Å². The number of nitrogens with zero attached hydrogens (tertiary/aromatic N) is 1. The van der Waals surface area contributed by atoms with Crippen LogP contribution in [0.15, 0.2) is 0 Å². The van der Waals surface area contributed by atoms with Crippen molar-refractivity contribution in [3.63, 3.8) is 0 Å². The van der Waals surface area contributed by atoms with Crippen LogP contribution < -0.4 is 5.32 Å². The topological polar surface area (TPSA) is 35.8 Å². The summed E-state index contributed by atoms with van der Waals surface area (Å²) in [6.45, 7) is 5.58. The van der Waals surface area contributed by atoms with Gasteiger partial charge in [-0.1, -0.05) is 46.0 Å². The largest absolute Gasteiger partial charge is 0.313 e. The second-order valence-corrected chi connectivity index (χ2v) is 6.25. The standard InChI is InChI=1S/C15H28N2/c1-15(2,11-8-12-16)13-17-14-9-6-4-3-5-7-10-14/h14,17H,3-11,13H2,1-2H3. The van der Waals surface area contributed by atoms with Crippen molar-refractivity contribution in [1.82, 2.24) is 5.32 Å². The molecule has 2 nitrogen and oxygen atoms in total. The lowest BCUT2D eigenvalue weighted by Crippen LogP contribution is -2.37. The molecule has 1 aliphatic carbocycles. The minimum atomic E-state index is 0.262. The molecular weight excluding hydrogens is 208 g/mol. The molecular formula is C15H28N2. The van der Waals surface area contributed by atoms with Crippen molar-refractivity contribution in [2.45, 2.75) is 77.7 Å². The highest BCUT2D eigenvalue weighted by molar-refractivity contribution is 4.80. The molecule has 0 saturated heterocycles. The lowest BCUT2D eigenvalue weighted by molar-refractivity contribution is 0.281. The summed E-state index contributed by atoms with van der Waals surface area (Å²) in [6, 6.07) is 2.97. The van der Waals surface area contributed by atoms with Crippen LogP contribution in [0, 0.1) is 16.7 Å². The van der Waals surface area contributed by atoms with Crippen molar-refractivity contribution in [2.24, 2.45) is 5.41 Å². The Kier molecular flexibility index (Phi) is 6.58. The summed E-state index contributed by atoms with van der Waals surface area (Å²) in [5.74, 6) is 0. The molecule has 17 heavy (non-hydrogen) atoms. The fourth-order valence-electron chi connectivity index (χ4n) is 2.56. The minimum Gasteiger partial charge on any atom is -0.313 e. The number of nitriles is 1. The van der Waals surface area contributed by atoms with Gasteiger partial charge in [0, 0.05) is 19.0 Å². The van der Waals surface area contributed by atoms with Gasteiger partial charge in [0.15, 0.2) is 0 Å². The Morgan fingerprint density at radius 2 is 1.71 bits per heavy atom. The van der Waals surface area contributed by atoms with E-state index in [0.29, 0.717) is 6.42 Å². The van der Waals surface area contributed by atoms with Crippen LogP contribution in [0.2, 0.25) is 0 Å². The molecule has 1 fully saturated rings. The van der Waals surface area contributed by atoms with Gasteiger partial charge in [0.25, 0.3) is 0 Å². The first-order valence-electron chi connectivity index (χ1n) is 7.24. The summed E-state index contributed by atoms with van der Waals surface area (Å²) in [6.07, 6.45) is 11.4. The Hall–Kier alpha value is -0.550. The van der Waals surface area contributed by atoms with Crippen molar-refractivity contribution >= 4 is 0 Å². The van der Waals surface area contributed by atoms with Crippen LogP contribution in [0.3, 0.4) is 0 Å². The summed E-state index contributed by atoms with van der Waals surface area (Å²) in [4.78, 5) is 0. The van der Waals surface area contributed by atoms with Gasteiger partial charge in [0.2, 0.25) is 0 Å². The van der Waals surface area contributed by atoms with Crippen LogP contribution in [0.4, 0.5) is 0 Å². The van der Waals surface area contributed by atoms with E-state index in [4.69, 9.17) is 5.26 Å². The zero-order valence-corrected chi connectivity index (χ0v) is 11.6. The maximum atomic E-state index is 8.64. The molecule has 0 aromatic heterocycles. The maximum Gasteiger partial charge on any atom is 0.0621 e. The molecule has 1 rings (SSSR count). The average Bonchev–Trinajstić information content (AvgIpc) is 2.25. The van der Waals surface area contributed by atoms with Gasteiger partial charge in [-0.3, -0.25) is 0 Å². The second kappa shape index (κ2) is 7.71. The van der Waals surface area contributed by atoms with Crippen molar-refractivity contribution in [3.8, 4) is 6.07 Å². The Bertz CT molecular complexity index is 232. The Balaban J connectivity index is 2.25. The predicted molar refractivity (Wildman–Crippen MR) is 72.7 cm³/mol. The minimum absolute atomic E-state index is 0.262. The van der Waals surface area contributed by atoms with Crippen LogP contribution in [-0.2, 0) is 0 Å². The highest BCUT2D eigenvalue weighted by atomic mass is 14.9. The zero-order chi connectivity index (χ0) is 12.6. The third-order valence-electron chi connectivity index (χ3n) is 3.89. The molecule has 1 saturated carbocycles. The van der Waals surface area contributed by atoms with E-state index < -0.39 is 0 Å². The molecule has 0 heterocycles. The van der Waals surface area contributed by atoms with Crippen LogP contribution >= 0.6 is 0 Å². The molecule has 0 spiro atoms. The van der Waals surface area contributed by atoms with Gasteiger partial charge >= 0.3 is 0 Å². The number of hydrogen-bond donors (Lipinski definition) is 1. The van der Waals surface area contributed by atoms with Crippen LogP contribution in [0.25, 0.3) is 0 Å². The molecule has 0 atom stereocenters. The fraction of sp³-hybridized carbons (Fsp3) is 0.933. The highest BCUT2D eigenvalue weighted by Gasteiger charge is 2.19. The first-order valence-corrected chi connectivity index (χ1v) is 7.24. The summed E-state index contributed by atoms with van der Waals surface area (Å²) >= 11 is 0. The molecule has 98 valence electrons. The van der Waals surface area contributed by atoms with E-state index in [0.717, 1.165) is 19.0 Å². The Morgan fingerprint density at radius 1 is 1.12 bits per heavy atom. The molecule has 1 N–H and O–H groups in total. The van der Waals surface area contributed by atoms with Crippen molar-refractivity contribution in [3.05, 3.63) is 0 Å². The Labute approximate surface area is 107 Å². The maximum absolute atomic E-state index is 8.64. The summed E-state index contributed by atoms with van der Waals surface area (Å²) in [7, 11) is 0. The third-order valence-corrected chi connectivity index (χ3v) is 3.89. The van der Waals surface area contributed by atoms with E-state index >= 15 is 0 Å². The van der Waals surface area contributed by atoms with Gasteiger partial charge in [-0.15, -0.1) is 0 Å². The number of rotatable bonds is 5. The second-order valence-electron chi connectivity index (χ2n) is 6.25. The third kappa shape index (κ3) is 6.68. The highest BCUT2D eigenvalue weighted by Crippen LogP contribution is 2.23.